The van der Waals surface area contributed by atoms with E-state index in [0.717, 1.165) is 6.42 Å². The zero-order valence-electron chi connectivity index (χ0n) is 13.2. The third kappa shape index (κ3) is 2.92. The van der Waals surface area contributed by atoms with Gasteiger partial charge in [-0.25, -0.2) is 0 Å². The first-order chi connectivity index (χ1) is 8.54. The van der Waals surface area contributed by atoms with E-state index in [4.69, 9.17) is 4.84 Å². The topological polar surface area (TPSA) is 53.3 Å². The van der Waals surface area contributed by atoms with Gasteiger partial charge in [0, 0.05) is 12.8 Å². The van der Waals surface area contributed by atoms with Crippen molar-refractivity contribution in [2.75, 3.05) is 0 Å². The molecule has 0 saturated carbocycles. The molecule has 3 unspecified atom stereocenters. The summed E-state index contributed by atoms with van der Waals surface area (Å²) in [6.07, 6.45) is 0.903. The molecular weight excluding hydrogens is 240 g/mol. The molecule has 1 aliphatic heterocycles. The molecule has 1 aliphatic rings. The number of rotatable bonds is 2. The van der Waals surface area contributed by atoms with Crippen LogP contribution in [-0.4, -0.2) is 22.1 Å². The Balaban J connectivity index is 3.20. The molecule has 0 aromatic carbocycles. The molecule has 0 bridgehead atoms. The molecule has 0 aromatic heterocycles. The van der Waals surface area contributed by atoms with Gasteiger partial charge in [-0.05, 0) is 52.9 Å². The van der Waals surface area contributed by atoms with Crippen molar-refractivity contribution < 1.29 is 9.63 Å². The van der Waals surface area contributed by atoms with Crippen LogP contribution in [0.5, 0.6) is 0 Å². The van der Waals surface area contributed by atoms with Gasteiger partial charge in [0.25, 0.3) is 0 Å². The second-order valence-electron chi connectivity index (χ2n) is 6.97. The van der Waals surface area contributed by atoms with Crippen LogP contribution in [0.2, 0.25) is 0 Å². The summed E-state index contributed by atoms with van der Waals surface area (Å²) in [5.74, 6) is 0.203. The highest BCUT2D eigenvalue weighted by molar-refractivity contribution is 5.65. The van der Waals surface area contributed by atoms with E-state index in [1.807, 2.05) is 6.92 Å². The number of hydrogen-bond donors (Lipinski definition) is 0. The molecule has 0 spiro atoms. The highest BCUT2D eigenvalue weighted by Crippen LogP contribution is 2.48. The molecule has 0 amide bonds. The Morgan fingerprint density at radius 3 is 2.37 bits per heavy atom. The van der Waals surface area contributed by atoms with E-state index in [0.29, 0.717) is 5.92 Å². The van der Waals surface area contributed by atoms with Crippen LogP contribution in [-0.2, 0) is 9.63 Å². The number of hydrogen-bond acceptors (Lipinski definition) is 4. The van der Waals surface area contributed by atoms with Crippen molar-refractivity contribution in [3.05, 3.63) is 0 Å². The number of nitriles is 1. The smallest absolute Gasteiger partial charge is 0.322 e. The van der Waals surface area contributed by atoms with Crippen LogP contribution in [0.3, 0.4) is 0 Å². The molecule has 19 heavy (non-hydrogen) atoms. The number of piperidine rings is 1. The van der Waals surface area contributed by atoms with Crippen LogP contribution in [0.25, 0.3) is 0 Å². The normalized spacial score (nSPS) is 31.3. The summed E-state index contributed by atoms with van der Waals surface area (Å²) in [5, 5.41) is 11.1. The summed E-state index contributed by atoms with van der Waals surface area (Å²) in [5.41, 5.74) is -0.581. The molecule has 1 saturated heterocycles. The Morgan fingerprint density at radius 2 is 1.95 bits per heavy atom. The summed E-state index contributed by atoms with van der Waals surface area (Å²) in [6.45, 7) is 13.9. The van der Waals surface area contributed by atoms with E-state index in [9.17, 15) is 10.1 Å². The van der Waals surface area contributed by atoms with Gasteiger partial charge in [0.2, 0.25) is 0 Å². The van der Waals surface area contributed by atoms with Gasteiger partial charge in [0.1, 0.15) is 0 Å². The predicted molar refractivity (Wildman–Crippen MR) is 73.8 cm³/mol. The van der Waals surface area contributed by atoms with Crippen LogP contribution in [0, 0.1) is 29.1 Å². The van der Waals surface area contributed by atoms with E-state index >= 15 is 0 Å². The van der Waals surface area contributed by atoms with Gasteiger partial charge in [-0.3, -0.25) is 4.79 Å². The van der Waals surface area contributed by atoms with Crippen LogP contribution >= 0.6 is 0 Å². The van der Waals surface area contributed by atoms with Crippen LogP contribution in [0.15, 0.2) is 0 Å². The highest BCUT2D eigenvalue weighted by atomic mass is 16.7. The Labute approximate surface area is 116 Å². The minimum atomic E-state index is -0.359. The average molecular weight is 266 g/mol. The molecule has 3 atom stereocenters. The number of carbonyl (C=O) groups excluding carboxylic acids is 1. The fourth-order valence-electron chi connectivity index (χ4n) is 4.16. The van der Waals surface area contributed by atoms with Gasteiger partial charge < -0.3 is 4.84 Å². The highest BCUT2D eigenvalue weighted by Gasteiger charge is 2.54. The van der Waals surface area contributed by atoms with Crippen molar-refractivity contribution in [1.82, 2.24) is 5.06 Å². The molecule has 4 heteroatoms. The molecule has 4 nitrogen and oxygen atoms in total. The molecule has 108 valence electrons. The fourth-order valence-corrected chi connectivity index (χ4v) is 4.16. The van der Waals surface area contributed by atoms with Crippen LogP contribution in [0.4, 0.5) is 0 Å². The second-order valence-corrected chi connectivity index (χ2v) is 6.97. The zero-order chi connectivity index (χ0) is 15.0. The van der Waals surface area contributed by atoms with E-state index in [1.165, 1.54) is 6.92 Å². The maximum atomic E-state index is 11.4. The lowest BCUT2D eigenvalue weighted by Crippen LogP contribution is -2.65. The van der Waals surface area contributed by atoms with Gasteiger partial charge in [-0.1, -0.05) is 6.92 Å². The van der Waals surface area contributed by atoms with Gasteiger partial charge in [0.05, 0.1) is 17.1 Å². The quantitative estimate of drug-likeness (QED) is 0.770. The Bertz CT molecular complexity index is 395. The lowest BCUT2D eigenvalue weighted by Gasteiger charge is -2.57. The predicted octanol–water partition coefficient (Wildman–Crippen LogP) is 3.14. The Hall–Kier alpha value is -1.08. The molecule has 0 aromatic rings. The molecular formula is C15H26N2O2. The van der Waals surface area contributed by atoms with Gasteiger partial charge in [-0.2, -0.15) is 5.26 Å². The molecule has 0 aliphatic carbocycles. The molecule has 0 N–H and O–H groups in total. The lowest BCUT2D eigenvalue weighted by atomic mass is 9.64. The minimum Gasteiger partial charge on any atom is -0.367 e. The van der Waals surface area contributed by atoms with Crippen LogP contribution < -0.4 is 0 Å². The lowest BCUT2D eigenvalue weighted by molar-refractivity contribution is -0.286. The van der Waals surface area contributed by atoms with E-state index in [-0.39, 0.29) is 28.9 Å². The third-order valence-electron chi connectivity index (χ3n) is 4.29. The van der Waals surface area contributed by atoms with Gasteiger partial charge in [-0.15, -0.1) is 5.06 Å². The van der Waals surface area contributed by atoms with Crippen molar-refractivity contribution in [2.45, 2.75) is 66.0 Å². The van der Waals surface area contributed by atoms with Crippen molar-refractivity contribution in [3.63, 3.8) is 0 Å². The number of carbonyl (C=O) groups is 1. The van der Waals surface area contributed by atoms with E-state index < -0.39 is 0 Å². The standard InChI is InChI=1S/C15H26N2O2/c1-10-8-14(4,5)17(19-12(3)18)15(6,7)13(10)11(2)9-16/h10-11,13H,8H2,1-7H3. The Morgan fingerprint density at radius 1 is 1.42 bits per heavy atom. The number of hydroxylamine groups is 2. The first kappa shape index (κ1) is 16.0. The molecule has 1 heterocycles. The largest absolute Gasteiger partial charge is 0.367 e. The summed E-state index contributed by atoms with van der Waals surface area (Å²) >= 11 is 0. The SMILES string of the molecule is CC(=O)ON1C(C)(C)CC(C)C(C(C)C#N)C1(C)C. The second kappa shape index (κ2) is 5.13. The van der Waals surface area contributed by atoms with Crippen molar-refractivity contribution in [1.29, 1.82) is 5.26 Å². The number of nitrogens with zero attached hydrogens (tertiary/aromatic N) is 2. The fraction of sp³-hybridized carbons (Fsp3) is 0.867. The molecule has 1 fully saturated rings. The maximum absolute atomic E-state index is 11.4. The van der Waals surface area contributed by atoms with Crippen molar-refractivity contribution in [2.24, 2.45) is 17.8 Å². The third-order valence-corrected chi connectivity index (χ3v) is 4.29. The summed E-state index contributed by atoms with van der Waals surface area (Å²) < 4.78 is 0. The van der Waals surface area contributed by atoms with Crippen molar-refractivity contribution >= 4 is 5.97 Å². The average Bonchev–Trinajstić information content (AvgIpc) is 2.22. The van der Waals surface area contributed by atoms with E-state index in [1.54, 1.807) is 5.06 Å². The molecule has 0 radical (unpaired) electrons. The summed E-state index contributed by atoms with van der Waals surface area (Å²) in [4.78, 5) is 16.9. The zero-order valence-corrected chi connectivity index (χ0v) is 13.2. The first-order valence-corrected chi connectivity index (χ1v) is 6.92. The first-order valence-electron chi connectivity index (χ1n) is 6.92. The van der Waals surface area contributed by atoms with E-state index in [2.05, 4.69) is 40.7 Å². The van der Waals surface area contributed by atoms with Crippen LogP contribution in [0.1, 0.15) is 54.9 Å². The van der Waals surface area contributed by atoms with Crippen molar-refractivity contribution in [3.8, 4) is 6.07 Å². The monoisotopic (exact) mass is 266 g/mol. The molecule has 1 rings (SSSR count). The summed E-state index contributed by atoms with van der Waals surface area (Å²) in [7, 11) is 0. The van der Waals surface area contributed by atoms with Gasteiger partial charge in [0.15, 0.2) is 0 Å². The maximum Gasteiger partial charge on any atom is 0.322 e. The summed E-state index contributed by atoms with van der Waals surface area (Å²) in [6, 6.07) is 2.35. The Kier molecular flexibility index (Phi) is 4.31. The minimum absolute atomic E-state index is 0.0702. The van der Waals surface area contributed by atoms with Gasteiger partial charge >= 0.3 is 5.97 Å².